The molecule has 0 fully saturated rings. The summed E-state index contributed by atoms with van der Waals surface area (Å²) in [6.07, 6.45) is -0.0440. The van der Waals surface area contributed by atoms with E-state index >= 15 is 0 Å². The molecule has 0 heterocycles. The first-order chi connectivity index (χ1) is 12.3. The van der Waals surface area contributed by atoms with E-state index in [1.54, 1.807) is 0 Å². The molecule has 1 N–H and O–H groups in total. The van der Waals surface area contributed by atoms with E-state index in [0.717, 1.165) is 24.3 Å². The predicted molar refractivity (Wildman–Crippen MR) is 92.4 cm³/mol. The molecule has 0 atom stereocenters. The molecule has 0 aliphatic heterocycles. The number of halogens is 2. The average Bonchev–Trinajstić information content (AvgIpc) is 2.58. The summed E-state index contributed by atoms with van der Waals surface area (Å²) < 4.78 is 37.3. The number of amides is 1. The largest absolute Gasteiger partial charge is 0.493 e. The number of anilines is 1. The monoisotopic (exact) mass is 363 g/mol. The van der Waals surface area contributed by atoms with Gasteiger partial charge < -0.3 is 14.8 Å². The van der Waals surface area contributed by atoms with E-state index in [-0.39, 0.29) is 18.7 Å². The number of rotatable bonds is 6. The van der Waals surface area contributed by atoms with Crippen LogP contribution in [0, 0.1) is 25.5 Å². The standard InChI is InChI=1S/C19H19F2NO4/c1-11-4-5-17(12(2)8-11)26-7-6-18(23)22-16-9-13(19(24)25-3)14(20)10-15(16)21/h4-5,8-10H,6-7H2,1-3H3,(H,22,23). The first-order valence-corrected chi connectivity index (χ1v) is 7.89. The van der Waals surface area contributed by atoms with Crippen molar-refractivity contribution in [2.45, 2.75) is 20.3 Å². The zero-order valence-electron chi connectivity index (χ0n) is 14.7. The molecule has 7 heteroatoms. The molecule has 2 aromatic carbocycles. The van der Waals surface area contributed by atoms with Gasteiger partial charge in [-0.15, -0.1) is 0 Å². The lowest BCUT2D eigenvalue weighted by atomic mass is 10.1. The molecule has 0 aliphatic rings. The molecule has 26 heavy (non-hydrogen) atoms. The number of hydrogen-bond donors (Lipinski definition) is 1. The fourth-order valence-corrected chi connectivity index (χ4v) is 2.34. The molecule has 0 saturated carbocycles. The number of carbonyl (C=O) groups is 2. The van der Waals surface area contributed by atoms with E-state index < -0.39 is 29.1 Å². The van der Waals surface area contributed by atoms with Crippen molar-refractivity contribution in [2.24, 2.45) is 0 Å². The molecule has 1 amide bonds. The Kier molecular flexibility index (Phi) is 6.27. The molecule has 0 bridgehead atoms. The van der Waals surface area contributed by atoms with Gasteiger partial charge in [0, 0.05) is 6.07 Å². The molecule has 2 aromatic rings. The minimum atomic E-state index is -1.06. The van der Waals surface area contributed by atoms with Crippen LogP contribution in [0.25, 0.3) is 0 Å². The summed E-state index contributed by atoms with van der Waals surface area (Å²) in [7, 11) is 1.08. The Balaban J connectivity index is 1.98. The third kappa shape index (κ3) is 4.78. The molecular weight excluding hydrogens is 344 g/mol. The number of esters is 1. The summed E-state index contributed by atoms with van der Waals surface area (Å²) in [5.41, 5.74) is 1.28. The quantitative estimate of drug-likeness (QED) is 0.794. The van der Waals surface area contributed by atoms with Gasteiger partial charge in [0.15, 0.2) is 0 Å². The lowest BCUT2D eigenvalue weighted by molar-refractivity contribution is -0.116. The van der Waals surface area contributed by atoms with Crippen LogP contribution in [0.3, 0.4) is 0 Å². The van der Waals surface area contributed by atoms with Crippen LogP contribution in [0.2, 0.25) is 0 Å². The van der Waals surface area contributed by atoms with Crippen LogP contribution in [-0.4, -0.2) is 25.6 Å². The highest BCUT2D eigenvalue weighted by Crippen LogP contribution is 2.21. The minimum absolute atomic E-state index is 0.0440. The van der Waals surface area contributed by atoms with Crippen molar-refractivity contribution in [2.75, 3.05) is 19.0 Å². The normalized spacial score (nSPS) is 10.3. The maximum absolute atomic E-state index is 13.8. The first-order valence-electron chi connectivity index (χ1n) is 7.89. The summed E-state index contributed by atoms with van der Waals surface area (Å²) in [5, 5.41) is 2.30. The average molecular weight is 363 g/mol. The second-order valence-electron chi connectivity index (χ2n) is 5.72. The molecule has 0 unspecified atom stereocenters. The molecule has 5 nitrogen and oxygen atoms in total. The molecule has 0 radical (unpaired) electrons. The highest BCUT2D eigenvalue weighted by atomic mass is 19.1. The van der Waals surface area contributed by atoms with Crippen molar-refractivity contribution in [3.8, 4) is 5.75 Å². The van der Waals surface area contributed by atoms with Crippen LogP contribution in [0.15, 0.2) is 30.3 Å². The summed E-state index contributed by atoms with van der Waals surface area (Å²) in [4.78, 5) is 23.4. The van der Waals surface area contributed by atoms with Crippen molar-refractivity contribution >= 4 is 17.6 Å². The van der Waals surface area contributed by atoms with Gasteiger partial charge in [-0.3, -0.25) is 4.79 Å². The molecule has 0 saturated heterocycles. The number of carbonyl (C=O) groups excluding carboxylic acids is 2. The number of hydrogen-bond acceptors (Lipinski definition) is 4. The third-order valence-corrected chi connectivity index (χ3v) is 3.65. The maximum Gasteiger partial charge on any atom is 0.340 e. The van der Waals surface area contributed by atoms with Gasteiger partial charge in [-0.25, -0.2) is 13.6 Å². The first kappa shape index (κ1) is 19.4. The third-order valence-electron chi connectivity index (χ3n) is 3.65. The van der Waals surface area contributed by atoms with Gasteiger partial charge in [0.05, 0.1) is 31.4 Å². The van der Waals surface area contributed by atoms with Crippen LogP contribution in [0.1, 0.15) is 27.9 Å². The molecular formula is C19H19F2NO4. The van der Waals surface area contributed by atoms with E-state index in [9.17, 15) is 18.4 Å². The van der Waals surface area contributed by atoms with Crippen LogP contribution < -0.4 is 10.1 Å². The Labute approximate surface area is 149 Å². The Bertz CT molecular complexity index is 837. The van der Waals surface area contributed by atoms with Gasteiger partial charge in [0.1, 0.15) is 17.4 Å². The number of ether oxygens (including phenoxy) is 2. The molecule has 138 valence electrons. The molecule has 0 spiro atoms. The topological polar surface area (TPSA) is 64.6 Å². The van der Waals surface area contributed by atoms with Gasteiger partial charge in [-0.2, -0.15) is 0 Å². The number of aryl methyl sites for hydroxylation is 2. The summed E-state index contributed by atoms with van der Waals surface area (Å²) in [5.74, 6) is -2.89. The van der Waals surface area contributed by atoms with Crippen LogP contribution in [0.4, 0.5) is 14.5 Å². The highest BCUT2D eigenvalue weighted by Gasteiger charge is 2.17. The fourth-order valence-electron chi connectivity index (χ4n) is 2.34. The predicted octanol–water partition coefficient (Wildman–Crippen LogP) is 3.78. The lowest BCUT2D eigenvalue weighted by Gasteiger charge is -2.11. The fraction of sp³-hybridized carbons (Fsp3) is 0.263. The van der Waals surface area contributed by atoms with E-state index in [1.165, 1.54) is 0 Å². The van der Waals surface area contributed by atoms with Gasteiger partial charge in [0.25, 0.3) is 0 Å². The van der Waals surface area contributed by atoms with Gasteiger partial charge in [-0.1, -0.05) is 17.7 Å². The summed E-state index contributed by atoms with van der Waals surface area (Å²) in [6.45, 7) is 3.94. The van der Waals surface area contributed by atoms with E-state index in [1.807, 2.05) is 32.0 Å². The van der Waals surface area contributed by atoms with Crippen LogP contribution in [-0.2, 0) is 9.53 Å². The van der Waals surface area contributed by atoms with Crippen molar-refractivity contribution in [3.05, 3.63) is 58.7 Å². The van der Waals surface area contributed by atoms with E-state index in [2.05, 4.69) is 10.1 Å². The van der Waals surface area contributed by atoms with Gasteiger partial charge in [-0.05, 0) is 31.5 Å². The minimum Gasteiger partial charge on any atom is -0.493 e. The molecule has 0 aromatic heterocycles. The van der Waals surface area contributed by atoms with Crippen LogP contribution in [0.5, 0.6) is 5.75 Å². The zero-order valence-corrected chi connectivity index (χ0v) is 14.7. The lowest BCUT2D eigenvalue weighted by Crippen LogP contribution is -2.17. The Morgan fingerprint density at radius 1 is 1.08 bits per heavy atom. The van der Waals surface area contributed by atoms with E-state index in [4.69, 9.17) is 4.74 Å². The van der Waals surface area contributed by atoms with Crippen molar-refractivity contribution in [1.82, 2.24) is 0 Å². The SMILES string of the molecule is COC(=O)c1cc(NC(=O)CCOc2ccc(C)cc2C)c(F)cc1F. The number of methoxy groups -OCH3 is 1. The second kappa shape index (κ2) is 8.42. The Morgan fingerprint density at radius 2 is 1.81 bits per heavy atom. The smallest absolute Gasteiger partial charge is 0.340 e. The van der Waals surface area contributed by atoms with Crippen LogP contribution >= 0.6 is 0 Å². The van der Waals surface area contributed by atoms with Crippen molar-refractivity contribution < 1.29 is 27.8 Å². The molecule has 2 rings (SSSR count). The van der Waals surface area contributed by atoms with Crippen molar-refractivity contribution in [1.29, 1.82) is 0 Å². The highest BCUT2D eigenvalue weighted by molar-refractivity contribution is 5.94. The van der Waals surface area contributed by atoms with Gasteiger partial charge in [0.2, 0.25) is 5.91 Å². The Hall–Kier alpha value is -2.96. The molecule has 0 aliphatic carbocycles. The zero-order chi connectivity index (χ0) is 19.3. The second-order valence-corrected chi connectivity index (χ2v) is 5.72. The maximum atomic E-state index is 13.8. The van der Waals surface area contributed by atoms with E-state index in [0.29, 0.717) is 11.8 Å². The van der Waals surface area contributed by atoms with Crippen molar-refractivity contribution in [3.63, 3.8) is 0 Å². The summed E-state index contributed by atoms with van der Waals surface area (Å²) >= 11 is 0. The summed E-state index contributed by atoms with van der Waals surface area (Å²) in [6, 6.07) is 7.08. The number of benzene rings is 2. The Morgan fingerprint density at radius 3 is 2.46 bits per heavy atom. The number of nitrogens with one attached hydrogen (secondary N) is 1. The van der Waals surface area contributed by atoms with Gasteiger partial charge >= 0.3 is 5.97 Å².